The molecule has 0 bridgehead atoms. The fourth-order valence-electron chi connectivity index (χ4n) is 1.61. The Morgan fingerprint density at radius 2 is 2.06 bits per heavy atom. The van der Waals surface area contributed by atoms with Crippen LogP contribution < -0.4 is 11.5 Å². The number of pyridine rings is 1. The van der Waals surface area contributed by atoms with Crippen molar-refractivity contribution in [2.75, 3.05) is 0 Å². The largest absolute Gasteiger partial charge is 0.404 e. The van der Waals surface area contributed by atoms with Crippen molar-refractivity contribution in [3.05, 3.63) is 47.8 Å². The molecule has 0 aliphatic heterocycles. The second kappa shape index (κ2) is 6.51. The lowest BCUT2D eigenvalue weighted by atomic mass is 10.1. The minimum atomic E-state index is 0.555. The molecule has 1 aromatic heterocycles. The van der Waals surface area contributed by atoms with Crippen LogP contribution in [0, 0.1) is 5.41 Å². The molecule has 94 valence electrons. The number of allylic oxidation sites excluding steroid dienone is 1. The number of nitrogens with one attached hydrogen (secondary N) is 1. The standard InChI is InChI=1S/C13H15N3.CH3N/c1-9(7-14)12-5-3-11-6-10(8-15)2-4-13(11)16-12;1-2/h2-7H,8,14-15H2,1H3;2H,1H2/b9-7+;. The van der Waals surface area contributed by atoms with Crippen LogP contribution in [0.25, 0.3) is 16.5 Å². The number of nitrogens with zero attached hydrogens (tertiary/aromatic N) is 1. The molecule has 0 saturated heterocycles. The summed E-state index contributed by atoms with van der Waals surface area (Å²) < 4.78 is 0. The summed E-state index contributed by atoms with van der Waals surface area (Å²) >= 11 is 0. The zero-order valence-electron chi connectivity index (χ0n) is 10.5. The van der Waals surface area contributed by atoms with Gasteiger partial charge >= 0.3 is 0 Å². The molecule has 0 atom stereocenters. The van der Waals surface area contributed by atoms with Gasteiger partial charge < -0.3 is 16.9 Å². The number of hydrogen-bond donors (Lipinski definition) is 3. The maximum absolute atomic E-state index is 5.59. The SMILES string of the molecule is C/C(=C\N)c1ccc2cc(CN)ccc2n1.C=N. The maximum atomic E-state index is 5.59. The topological polar surface area (TPSA) is 88.8 Å². The van der Waals surface area contributed by atoms with Crippen molar-refractivity contribution in [1.29, 1.82) is 5.41 Å². The Morgan fingerprint density at radius 1 is 1.33 bits per heavy atom. The summed E-state index contributed by atoms with van der Waals surface area (Å²) in [5, 5.41) is 6.61. The number of aromatic nitrogens is 1. The van der Waals surface area contributed by atoms with Crippen LogP contribution in [0.1, 0.15) is 18.2 Å². The molecule has 0 spiro atoms. The average molecular weight is 242 g/mol. The predicted molar refractivity (Wildman–Crippen MR) is 77.3 cm³/mol. The van der Waals surface area contributed by atoms with Gasteiger partial charge in [0.1, 0.15) is 0 Å². The van der Waals surface area contributed by atoms with Crippen molar-refractivity contribution in [1.82, 2.24) is 4.98 Å². The summed E-state index contributed by atoms with van der Waals surface area (Å²) in [6.45, 7) is 5.00. The highest BCUT2D eigenvalue weighted by Crippen LogP contribution is 2.18. The molecule has 5 N–H and O–H groups in total. The van der Waals surface area contributed by atoms with Crippen LogP contribution in [0.2, 0.25) is 0 Å². The first kappa shape index (κ1) is 13.9. The molecule has 0 radical (unpaired) electrons. The minimum absolute atomic E-state index is 0.555. The second-order valence-corrected chi connectivity index (χ2v) is 3.78. The van der Waals surface area contributed by atoms with E-state index < -0.39 is 0 Å². The second-order valence-electron chi connectivity index (χ2n) is 3.78. The zero-order chi connectivity index (χ0) is 13.5. The lowest BCUT2D eigenvalue weighted by molar-refractivity contribution is 1.07. The third-order valence-electron chi connectivity index (χ3n) is 2.64. The van der Waals surface area contributed by atoms with Crippen LogP contribution in [0.3, 0.4) is 0 Å². The van der Waals surface area contributed by atoms with Crippen LogP contribution in [0.15, 0.2) is 36.5 Å². The predicted octanol–water partition coefficient (Wildman–Crippen LogP) is 2.28. The van der Waals surface area contributed by atoms with Gasteiger partial charge in [-0.15, -0.1) is 0 Å². The molecule has 1 heterocycles. The number of nitrogens with two attached hydrogens (primary N) is 2. The fraction of sp³-hybridized carbons (Fsp3) is 0.143. The van der Waals surface area contributed by atoms with E-state index in [-0.39, 0.29) is 0 Å². The normalized spacial score (nSPS) is 10.9. The lowest BCUT2D eigenvalue weighted by Crippen LogP contribution is -1.96. The van der Waals surface area contributed by atoms with Crippen LogP contribution in [-0.4, -0.2) is 11.7 Å². The molecule has 0 unspecified atom stereocenters. The number of hydrogen-bond acceptors (Lipinski definition) is 4. The van der Waals surface area contributed by atoms with Gasteiger partial charge in [-0.05, 0) is 49.2 Å². The van der Waals surface area contributed by atoms with E-state index in [0.29, 0.717) is 6.54 Å². The highest BCUT2D eigenvalue weighted by molar-refractivity contribution is 5.81. The van der Waals surface area contributed by atoms with Gasteiger partial charge in [-0.25, -0.2) is 4.98 Å². The molecule has 4 heteroatoms. The monoisotopic (exact) mass is 242 g/mol. The first-order valence-corrected chi connectivity index (χ1v) is 5.58. The van der Waals surface area contributed by atoms with E-state index in [4.69, 9.17) is 16.9 Å². The smallest absolute Gasteiger partial charge is 0.0709 e. The van der Waals surface area contributed by atoms with Gasteiger partial charge in [0.25, 0.3) is 0 Å². The molecule has 4 nitrogen and oxygen atoms in total. The first-order valence-electron chi connectivity index (χ1n) is 5.58. The molecule has 0 aliphatic rings. The Kier molecular flexibility index (Phi) is 5.02. The van der Waals surface area contributed by atoms with E-state index in [2.05, 4.69) is 17.8 Å². The van der Waals surface area contributed by atoms with E-state index in [1.165, 1.54) is 0 Å². The number of benzene rings is 1. The third-order valence-corrected chi connectivity index (χ3v) is 2.64. The molecule has 0 amide bonds. The third kappa shape index (κ3) is 2.93. The summed E-state index contributed by atoms with van der Waals surface area (Å²) in [5.41, 5.74) is 15.0. The van der Waals surface area contributed by atoms with Gasteiger partial charge in [-0.3, -0.25) is 0 Å². The van der Waals surface area contributed by atoms with E-state index in [9.17, 15) is 0 Å². The summed E-state index contributed by atoms with van der Waals surface area (Å²) in [6, 6.07) is 10.1. The van der Waals surface area contributed by atoms with Crippen LogP contribution >= 0.6 is 0 Å². The van der Waals surface area contributed by atoms with E-state index in [0.717, 1.165) is 27.7 Å². The first-order chi connectivity index (χ1) is 8.74. The van der Waals surface area contributed by atoms with Crippen molar-refractivity contribution in [3.8, 4) is 0 Å². The van der Waals surface area contributed by atoms with E-state index >= 15 is 0 Å². The molecule has 0 aliphatic carbocycles. The minimum Gasteiger partial charge on any atom is -0.404 e. The molecular weight excluding hydrogens is 224 g/mol. The summed E-state index contributed by atoms with van der Waals surface area (Å²) in [5.74, 6) is 0. The molecule has 2 rings (SSSR count). The Hall–Kier alpha value is -2.20. The van der Waals surface area contributed by atoms with Crippen molar-refractivity contribution >= 4 is 23.2 Å². The van der Waals surface area contributed by atoms with Crippen LogP contribution in [-0.2, 0) is 6.54 Å². The van der Waals surface area contributed by atoms with E-state index in [1.54, 1.807) is 6.20 Å². The van der Waals surface area contributed by atoms with Crippen molar-refractivity contribution < 1.29 is 0 Å². The number of fused-ring (bicyclic) bond motifs is 1. The number of rotatable bonds is 2. The van der Waals surface area contributed by atoms with E-state index in [1.807, 2.05) is 31.2 Å². The summed E-state index contributed by atoms with van der Waals surface area (Å²) in [4.78, 5) is 4.53. The highest BCUT2D eigenvalue weighted by atomic mass is 14.7. The molecule has 0 fully saturated rings. The molecule has 1 aromatic carbocycles. The van der Waals surface area contributed by atoms with Gasteiger partial charge in [0.05, 0.1) is 11.2 Å². The van der Waals surface area contributed by atoms with Crippen LogP contribution in [0.5, 0.6) is 0 Å². The molecule has 2 aromatic rings. The van der Waals surface area contributed by atoms with Gasteiger partial charge in [0, 0.05) is 11.9 Å². The molecular formula is C14H18N4. The van der Waals surface area contributed by atoms with Gasteiger partial charge in [-0.2, -0.15) is 0 Å². The highest BCUT2D eigenvalue weighted by Gasteiger charge is 2.00. The quantitative estimate of drug-likeness (QED) is 0.706. The zero-order valence-corrected chi connectivity index (χ0v) is 10.5. The summed E-state index contributed by atoms with van der Waals surface area (Å²) in [6.07, 6.45) is 1.57. The molecule has 18 heavy (non-hydrogen) atoms. The Balaban J connectivity index is 0.000000771. The van der Waals surface area contributed by atoms with Gasteiger partial charge in [0.15, 0.2) is 0 Å². The van der Waals surface area contributed by atoms with Gasteiger partial charge in [0.2, 0.25) is 0 Å². The van der Waals surface area contributed by atoms with Crippen molar-refractivity contribution in [3.63, 3.8) is 0 Å². The van der Waals surface area contributed by atoms with Crippen molar-refractivity contribution in [2.45, 2.75) is 13.5 Å². The van der Waals surface area contributed by atoms with Crippen LogP contribution in [0.4, 0.5) is 0 Å². The lowest BCUT2D eigenvalue weighted by Gasteiger charge is -2.04. The fourth-order valence-corrected chi connectivity index (χ4v) is 1.61. The van der Waals surface area contributed by atoms with Gasteiger partial charge in [-0.1, -0.05) is 12.1 Å². The Labute approximate surface area is 107 Å². The Bertz CT molecular complexity index is 561. The molecule has 0 saturated carbocycles. The summed E-state index contributed by atoms with van der Waals surface area (Å²) in [7, 11) is 0. The van der Waals surface area contributed by atoms with Crippen molar-refractivity contribution in [2.24, 2.45) is 11.5 Å². The Morgan fingerprint density at radius 3 is 2.67 bits per heavy atom. The average Bonchev–Trinajstić information content (AvgIpc) is 2.47. The maximum Gasteiger partial charge on any atom is 0.0709 e.